The van der Waals surface area contributed by atoms with E-state index in [2.05, 4.69) is 20.3 Å². The molecule has 4 atom stereocenters. The number of phenols is 1. The molecule has 0 radical (unpaired) electrons. The Morgan fingerprint density at radius 2 is 2.11 bits per heavy atom. The van der Waals surface area contributed by atoms with Crippen LogP contribution in [0.15, 0.2) is 35.4 Å². The van der Waals surface area contributed by atoms with E-state index in [9.17, 15) is 20.1 Å². The molecule has 4 aromatic rings. The molecule has 3 heterocycles. The van der Waals surface area contributed by atoms with E-state index in [0.29, 0.717) is 11.0 Å². The van der Waals surface area contributed by atoms with Crippen LogP contribution in [0.4, 0.5) is 5.95 Å². The first-order chi connectivity index (χ1) is 17.5. The number of H-pyrrole nitrogens is 1. The van der Waals surface area contributed by atoms with Crippen LogP contribution in [0.5, 0.6) is 11.5 Å². The number of hydrogen-bond acceptors (Lipinski definition) is 9. The number of fused-ring (bicyclic) bond motifs is 3. The molecule has 1 unspecified atom stereocenters. The third-order valence-corrected chi connectivity index (χ3v) is 7.19. The maximum atomic E-state index is 12.8. The van der Waals surface area contributed by atoms with Gasteiger partial charge in [-0.1, -0.05) is 24.3 Å². The van der Waals surface area contributed by atoms with Crippen LogP contribution in [0.3, 0.4) is 0 Å². The third-order valence-electron chi connectivity index (χ3n) is 7.19. The van der Waals surface area contributed by atoms with Crippen LogP contribution < -0.4 is 15.6 Å². The van der Waals surface area contributed by atoms with E-state index in [1.54, 1.807) is 11.7 Å². The minimum atomic E-state index is -0.830. The van der Waals surface area contributed by atoms with Crippen molar-refractivity contribution in [3.63, 3.8) is 0 Å². The Hall–Kier alpha value is -3.67. The summed E-state index contributed by atoms with van der Waals surface area (Å²) < 4.78 is 13.1. The summed E-state index contributed by atoms with van der Waals surface area (Å²) in [6.07, 6.45) is 1.88. The summed E-state index contributed by atoms with van der Waals surface area (Å²) in [6.45, 7) is -0.312. The largest absolute Gasteiger partial charge is 0.507 e. The van der Waals surface area contributed by atoms with Crippen molar-refractivity contribution in [1.82, 2.24) is 19.5 Å². The van der Waals surface area contributed by atoms with Gasteiger partial charge in [0.25, 0.3) is 5.56 Å². The van der Waals surface area contributed by atoms with E-state index in [-0.39, 0.29) is 36.3 Å². The standard InChI is InChI=1S/C25H27N5O6/c1-35-22-13-6-3-2-5-12(13)21(33)19-14(22)7-4-8-15(19)27-25-28-23-20(24(34)29-25)26-11-30(23)18-9-16(32)17(10-31)36-18/h2-3,5-6,11,15-18,31-33H,4,7-10H2,1H3,(H2,27,28,29,34)/t15?,16-,17+,18+/m0/s1. The number of aromatic nitrogens is 4. The van der Waals surface area contributed by atoms with Gasteiger partial charge >= 0.3 is 0 Å². The van der Waals surface area contributed by atoms with Crippen molar-refractivity contribution in [3.8, 4) is 11.5 Å². The number of methoxy groups -OCH3 is 1. The number of nitrogens with zero attached hydrogens (tertiary/aromatic N) is 3. The van der Waals surface area contributed by atoms with Gasteiger partial charge < -0.3 is 30.1 Å². The molecule has 1 aliphatic carbocycles. The van der Waals surface area contributed by atoms with Crippen molar-refractivity contribution in [2.75, 3.05) is 19.0 Å². The van der Waals surface area contributed by atoms with E-state index < -0.39 is 24.0 Å². The van der Waals surface area contributed by atoms with Crippen LogP contribution in [-0.2, 0) is 11.2 Å². The molecule has 0 bridgehead atoms. The number of aliphatic hydroxyl groups is 2. The molecule has 11 nitrogen and oxygen atoms in total. The number of nitrogens with one attached hydrogen (secondary N) is 2. The molecule has 2 aliphatic rings. The zero-order valence-corrected chi connectivity index (χ0v) is 19.6. The van der Waals surface area contributed by atoms with Gasteiger partial charge in [0.05, 0.1) is 32.2 Å². The molecule has 11 heteroatoms. The summed E-state index contributed by atoms with van der Waals surface area (Å²) >= 11 is 0. The van der Waals surface area contributed by atoms with Crippen molar-refractivity contribution in [2.24, 2.45) is 0 Å². The molecule has 1 saturated heterocycles. The quantitative estimate of drug-likeness (QED) is 0.281. The van der Waals surface area contributed by atoms with E-state index in [1.165, 1.54) is 6.33 Å². The average molecular weight is 494 g/mol. The maximum absolute atomic E-state index is 12.8. The van der Waals surface area contributed by atoms with Gasteiger partial charge in [0.1, 0.15) is 23.8 Å². The number of hydrogen-bond donors (Lipinski definition) is 5. The Morgan fingerprint density at radius 1 is 1.31 bits per heavy atom. The van der Waals surface area contributed by atoms with Gasteiger partial charge in [-0.15, -0.1) is 0 Å². The highest BCUT2D eigenvalue weighted by Crippen LogP contribution is 2.47. The Kier molecular flexibility index (Phi) is 5.55. The lowest BCUT2D eigenvalue weighted by atomic mass is 9.84. The fraction of sp³-hybridized carbons (Fsp3) is 0.400. The highest BCUT2D eigenvalue weighted by atomic mass is 16.5. The zero-order chi connectivity index (χ0) is 25.0. The van der Waals surface area contributed by atoms with E-state index in [1.807, 2.05) is 24.3 Å². The van der Waals surface area contributed by atoms with Gasteiger partial charge in [-0.05, 0) is 19.3 Å². The molecule has 0 amide bonds. The van der Waals surface area contributed by atoms with Crippen molar-refractivity contribution in [3.05, 3.63) is 52.1 Å². The molecular formula is C25H27N5O6. The fourth-order valence-corrected chi connectivity index (χ4v) is 5.51. The molecule has 2 aromatic carbocycles. The fourth-order valence-electron chi connectivity index (χ4n) is 5.51. The second kappa shape index (κ2) is 8.77. The van der Waals surface area contributed by atoms with Crippen molar-refractivity contribution >= 4 is 27.9 Å². The minimum Gasteiger partial charge on any atom is -0.507 e. The minimum absolute atomic E-state index is 0.144. The van der Waals surface area contributed by atoms with E-state index in [0.717, 1.165) is 41.5 Å². The molecule has 2 aromatic heterocycles. The first kappa shape index (κ1) is 22.8. The zero-order valence-electron chi connectivity index (χ0n) is 19.6. The second-order valence-electron chi connectivity index (χ2n) is 9.26. The number of aromatic amines is 1. The first-order valence-electron chi connectivity index (χ1n) is 12.0. The highest BCUT2D eigenvalue weighted by molar-refractivity contribution is 5.96. The Balaban J connectivity index is 1.41. The van der Waals surface area contributed by atoms with Gasteiger partial charge in [0.2, 0.25) is 5.95 Å². The van der Waals surface area contributed by atoms with Crippen LogP contribution in [0.25, 0.3) is 21.9 Å². The van der Waals surface area contributed by atoms with Crippen LogP contribution in [0, 0.1) is 0 Å². The normalized spacial score (nSPS) is 23.8. The number of anilines is 1. The van der Waals surface area contributed by atoms with Gasteiger partial charge in [-0.25, -0.2) is 4.98 Å². The van der Waals surface area contributed by atoms with Crippen LogP contribution in [-0.4, -0.2) is 60.8 Å². The average Bonchev–Trinajstić information content (AvgIpc) is 3.47. The summed E-state index contributed by atoms with van der Waals surface area (Å²) in [5.74, 6) is 1.17. The Bertz CT molecular complexity index is 1510. The lowest BCUT2D eigenvalue weighted by Gasteiger charge is -2.30. The summed E-state index contributed by atoms with van der Waals surface area (Å²) in [4.78, 5) is 24.4. The number of aliphatic hydroxyl groups excluding tert-OH is 2. The number of aromatic hydroxyl groups is 1. The predicted molar refractivity (Wildman–Crippen MR) is 131 cm³/mol. The van der Waals surface area contributed by atoms with Crippen LogP contribution in [0.2, 0.25) is 0 Å². The Morgan fingerprint density at radius 3 is 2.86 bits per heavy atom. The lowest BCUT2D eigenvalue weighted by Crippen LogP contribution is -2.24. The first-order valence-corrected chi connectivity index (χ1v) is 12.0. The van der Waals surface area contributed by atoms with Gasteiger partial charge in [-0.3, -0.25) is 14.3 Å². The Labute approximate surface area is 205 Å². The summed E-state index contributed by atoms with van der Waals surface area (Å²) in [5.41, 5.74) is 1.70. The maximum Gasteiger partial charge on any atom is 0.280 e. The summed E-state index contributed by atoms with van der Waals surface area (Å²) in [7, 11) is 1.63. The van der Waals surface area contributed by atoms with Crippen molar-refractivity contribution < 1.29 is 24.8 Å². The van der Waals surface area contributed by atoms with Gasteiger partial charge in [0.15, 0.2) is 11.2 Å². The topological polar surface area (TPSA) is 155 Å². The molecule has 1 aliphatic heterocycles. The third kappa shape index (κ3) is 3.50. The van der Waals surface area contributed by atoms with Gasteiger partial charge in [-0.2, -0.15) is 4.98 Å². The number of benzene rings is 2. The number of ether oxygens (including phenoxy) is 2. The molecule has 188 valence electrons. The van der Waals surface area contributed by atoms with Crippen molar-refractivity contribution in [1.29, 1.82) is 0 Å². The summed E-state index contributed by atoms with van der Waals surface area (Å²) in [5, 5.41) is 35.7. The van der Waals surface area contributed by atoms with Gasteiger partial charge in [0, 0.05) is 28.3 Å². The molecule has 5 N–H and O–H groups in total. The molecule has 6 rings (SSSR count). The number of rotatable bonds is 5. The number of phenolic OH excluding ortho intramolecular Hbond substituents is 1. The van der Waals surface area contributed by atoms with Crippen LogP contribution in [0.1, 0.15) is 42.7 Å². The predicted octanol–water partition coefficient (Wildman–Crippen LogP) is 2.12. The SMILES string of the molecule is COc1c2c(c(O)c3ccccc13)C(Nc1nc3c(ncn3[C@H]3C[C@H](O)[C@@H](CO)O3)c(=O)[nH]1)CCC2. The molecule has 1 fully saturated rings. The smallest absolute Gasteiger partial charge is 0.280 e. The molecule has 0 saturated carbocycles. The second-order valence-corrected chi connectivity index (χ2v) is 9.26. The van der Waals surface area contributed by atoms with Crippen molar-refractivity contribution in [2.45, 2.75) is 50.2 Å². The van der Waals surface area contributed by atoms with E-state index in [4.69, 9.17) is 9.47 Å². The number of imidazole rings is 1. The molecular weight excluding hydrogens is 466 g/mol. The molecule has 36 heavy (non-hydrogen) atoms. The van der Waals surface area contributed by atoms with E-state index >= 15 is 0 Å². The van der Waals surface area contributed by atoms with Crippen LogP contribution >= 0.6 is 0 Å². The highest BCUT2D eigenvalue weighted by Gasteiger charge is 2.36. The lowest BCUT2D eigenvalue weighted by molar-refractivity contribution is -0.0432. The monoisotopic (exact) mass is 493 g/mol. The summed E-state index contributed by atoms with van der Waals surface area (Å²) in [6, 6.07) is 7.27. The molecule has 0 spiro atoms.